The highest BCUT2D eigenvalue weighted by Crippen LogP contribution is 2.27. The highest BCUT2D eigenvalue weighted by Gasteiger charge is 2.11. The maximum atomic E-state index is 13.1. The summed E-state index contributed by atoms with van der Waals surface area (Å²) in [6.07, 6.45) is 7.56. The van der Waals surface area contributed by atoms with Crippen molar-refractivity contribution >= 4 is 0 Å². The molecule has 0 saturated heterocycles. The Kier molecular flexibility index (Phi) is 7.85. The monoisotopic (exact) mass is 444 g/mol. The van der Waals surface area contributed by atoms with Crippen LogP contribution in [0.4, 0.5) is 4.39 Å². The first kappa shape index (κ1) is 22.7. The molecule has 0 spiro atoms. The van der Waals surface area contributed by atoms with E-state index in [0.717, 1.165) is 35.5 Å². The molecule has 0 atom stereocenters. The molecular formula is C28H29FN2O2. The Morgan fingerprint density at radius 2 is 1.27 bits per heavy atom. The zero-order valence-electron chi connectivity index (χ0n) is 19.0. The Labute approximate surface area is 194 Å². The second kappa shape index (κ2) is 11.4. The van der Waals surface area contributed by atoms with Gasteiger partial charge in [-0.15, -0.1) is 0 Å². The smallest absolute Gasteiger partial charge is 0.258 e. The lowest BCUT2D eigenvalue weighted by molar-refractivity contribution is 0.304. The topological polar surface area (TPSA) is 48.2 Å². The van der Waals surface area contributed by atoms with E-state index in [1.807, 2.05) is 36.4 Å². The lowest BCUT2D eigenvalue weighted by Gasteiger charge is -2.08. The fourth-order valence-corrected chi connectivity index (χ4v) is 3.68. The molecule has 0 unspecified atom stereocenters. The van der Waals surface area contributed by atoms with Gasteiger partial charge in [-0.2, -0.15) is 4.98 Å². The SMILES string of the molecule is CCCCCCCCOc1ccc(-c2ccc(-c3nc(-c4ccc(F)cc4)no3)cc2)cc1. The molecular weight excluding hydrogens is 415 g/mol. The molecule has 0 saturated carbocycles. The van der Waals surface area contributed by atoms with Crippen LogP contribution in [0.5, 0.6) is 5.75 Å². The Bertz CT molecular complexity index is 1120. The number of hydrogen-bond donors (Lipinski definition) is 0. The van der Waals surface area contributed by atoms with E-state index in [1.165, 1.54) is 44.2 Å². The van der Waals surface area contributed by atoms with Crippen LogP contribution in [0.1, 0.15) is 45.4 Å². The first-order valence-electron chi connectivity index (χ1n) is 11.7. The van der Waals surface area contributed by atoms with Crippen molar-refractivity contribution in [3.8, 4) is 39.7 Å². The number of benzene rings is 3. The van der Waals surface area contributed by atoms with Gasteiger partial charge in [-0.3, -0.25) is 0 Å². The van der Waals surface area contributed by atoms with E-state index < -0.39 is 0 Å². The van der Waals surface area contributed by atoms with Crippen molar-refractivity contribution in [2.75, 3.05) is 6.61 Å². The lowest BCUT2D eigenvalue weighted by atomic mass is 10.0. The Hall–Kier alpha value is -3.47. The molecule has 0 bridgehead atoms. The standard InChI is InChI=1S/C28H29FN2O2/c1-2-3-4-5-6-7-20-32-26-18-14-22(15-19-26)21-8-10-24(11-9-21)28-30-27(31-33-28)23-12-16-25(29)17-13-23/h8-19H,2-7,20H2,1H3. The average Bonchev–Trinajstić information content (AvgIpc) is 3.35. The van der Waals surface area contributed by atoms with Crippen LogP contribution in [-0.2, 0) is 0 Å². The molecule has 0 aliphatic carbocycles. The largest absolute Gasteiger partial charge is 0.494 e. The van der Waals surface area contributed by atoms with Crippen molar-refractivity contribution in [2.45, 2.75) is 45.4 Å². The van der Waals surface area contributed by atoms with Crippen LogP contribution in [0.25, 0.3) is 34.0 Å². The van der Waals surface area contributed by atoms with Gasteiger partial charge in [-0.25, -0.2) is 4.39 Å². The minimum Gasteiger partial charge on any atom is -0.494 e. The summed E-state index contributed by atoms with van der Waals surface area (Å²) in [7, 11) is 0. The van der Waals surface area contributed by atoms with Crippen LogP contribution in [0.3, 0.4) is 0 Å². The molecule has 0 radical (unpaired) electrons. The number of aromatic nitrogens is 2. The van der Waals surface area contributed by atoms with Crippen LogP contribution < -0.4 is 4.74 Å². The van der Waals surface area contributed by atoms with Crippen LogP contribution in [0.15, 0.2) is 77.3 Å². The van der Waals surface area contributed by atoms with Gasteiger partial charge in [0.05, 0.1) is 6.61 Å². The van der Waals surface area contributed by atoms with E-state index in [1.54, 1.807) is 12.1 Å². The highest BCUT2D eigenvalue weighted by molar-refractivity contribution is 5.68. The van der Waals surface area contributed by atoms with Crippen LogP contribution in [-0.4, -0.2) is 16.7 Å². The normalized spacial score (nSPS) is 11.0. The van der Waals surface area contributed by atoms with Gasteiger partial charge < -0.3 is 9.26 Å². The number of unbranched alkanes of at least 4 members (excludes halogenated alkanes) is 5. The number of ether oxygens (including phenoxy) is 1. The third-order valence-corrected chi connectivity index (χ3v) is 5.61. The second-order valence-electron chi connectivity index (χ2n) is 8.15. The molecule has 5 heteroatoms. The zero-order chi connectivity index (χ0) is 22.9. The third kappa shape index (κ3) is 6.28. The average molecular weight is 445 g/mol. The van der Waals surface area contributed by atoms with Gasteiger partial charge in [0, 0.05) is 11.1 Å². The molecule has 4 nitrogen and oxygen atoms in total. The molecule has 0 aliphatic heterocycles. The van der Waals surface area contributed by atoms with E-state index in [0.29, 0.717) is 17.3 Å². The maximum absolute atomic E-state index is 13.1. The number of nitrogens with zero attached hydrogens (tertiary/aromatic N) is 2. The molecule has 0 N–H and O–H groups in total. The van der Waals surface area contributed by atoms with Gasteiger partial charge in [0.15, 0.2) is 0 Å². The predicted octanol–water partition coefficient (Wildman–Crippen LogP) is 7.95. The lowest BCUT2D eigenvalue weighted by Crippen LogP contribution is -1.97. The molecule has 4 rings (SSSR count). The van der Waals surface area contributed by atoms with Crippen molar-refractivity contribution < 1.29 is 13.7 Å². The van der Waals surface area contributed by atoms with E-state index in [2.05, 4.69) is 29.2 Å². The number of halogens is 1. The van der Waals surface area contributed by atoms with Crippen molar-refractivity contribution in [2.24, 2.45) is 0 Å². The summed E-state index contributed by atoms with van der Waals surface area (Å²) in [6.45, 7) is 3.01. The first-order valence-corrected chi connectivity index (χ1v) is 11.7. The predicted molar refractivity (Wildman–Crippen MR) is 129 cm³/mol. The molecule has 0 amide bonds. The zero-order valence-corrected chi connectivity index (χ0v) is 19.0. The van der Waals surface area contributed by atoms with Gasteiger partial charge >= 0.3 is 0 Å². The van der Waals surface area contributed by atoms with Gasteiger partial charge in [0.25, 0.3) is 5.89 Å². The molecule has 4 aromatic rings. The third-order valence-electron chi connectivity index (χ3n) is 5.61. The van der Waals surface area contributed by atoms with Crippen LogP contribution in [0.2, 0.25) is 0 Å². The molecule has 1 aromatic heterocycles. The number of rotatable bonds is 11. The molecule has 0 aliphatic rings. The fraction of sp³-hybridized carbons (Fsp3) is 0.286. The minimum absolute atomic E-state index is 0.296. The summed E-state index contributed by atoms with van der Waals surface area (Å²) in [4.78, 5) is 4.43. The summed E-state index contributed by atoms with van der Waals surface area (Å²) < 4.78 is 24.4. The molecule has 33 heavy (non-hydrogen) atoms. The molecule has 170 valence electrons. The van der Waals surface area contributed by atoms with Gasteiger partial charge in [0.2, 0.25) is 5.82 Å². The maximum Gasteiger partial charge on any atom is 0.258 e. The van der Waals surface area contributed by atoms with E-state index in [-0.39, 0.29) is 5.82 Å². The Morgan fingerprint density at radius 1 is 0.697 bits per heavy atom. The fourth-order valence-electron chi connectivity index (χ4n) is 3.68. The van der Waals surface area contributed by atoms with Gasteiger partial charge in [0.1, 0.15) is 11.6 Å². The molecule has 0 fully saturated rings. The van der Waals surface area contributed by atoms with Gasteiger partial charge in [-0.1, -0.05) is 68.4 Å². The quantitative estimate of drug-likeness (QED) is 0.220. The summed E-state index contributed by atoms with van der Waals surface area (Å²) in [5.74, 6) is 1.48. The summed E-state index contributed by atoms with van der Waals surface area (Å²) in [5, 5.41) is 4.01. The summed E-state index contributed by atoms with van der Waals surface area (Å²) in [5.41, 5.74) is 3.76. The highest BCUT2D eigenvalue weighted by atomic mass is 19.1. The van der Waals surface area contributed by atoms with Crippen molar-refractivity contribution in [1.82, 2.24) is 10.1 Å². The first-order chi connectivity index (χ1) is 16.2. The van der Waals surface area contributed by atoms with E-state index in [4.69, 9.17) is 9.26 Å². The van der Waals surface area contributed by atoms with Crippen LogP contribution in [0, 0.1) is 5.82 Å². The summed E-state index contributed by atoms with van der Waals surface area (Å²) in [6, 6.07) is 22.2. The Morgan fingerprint density at radius 3 is 1.97 bits per heavy atom. The van der Waals surface area contributed by atoms with E-state index in [9.17, 15) is 4.39 Å². The molecule has 1 heterocycles. The second-order valence-corrected chi connectivity index (χ2v) is 8.15. The van der Waals surface area contributed by atoms with Gasteiger partial charge in [-0.05, 0) is 66.1 Å². The molecule has 3 aromatic carbocycles. The minimum atomic E-state index is -0.296. The van der Waals surface area contributed by atoms with Crippen molar-refractivity contribution in [3.63, 3.8) is 0 Å². The van der Waals surface area contributed by atoms with Crippen molar-refractivity contribution in [1.29, 1.82) is 0 Å². The van der Waals surface area contributed by atoms with E-state index >= 15 is 0 Å². The van der Waals surface area contributed by atoms with Crippen molar-refractivity contribution in [3.05, 3.63) is 78.6 Å². The Balaban J connectivity index is 1.32. The van der Waals surface area contributed by atoms with Crippen LogP contribution >= 0.6 is 0 Å². The number of hydrogen-bond acceptors (Lipinski definition) is 4. The summed E-state index contributed by atoms with van der Waals surface area (Å²) >= 11 is 0.